The van der Waals surface area contributed by atoms with Gasteiger partial charge in [0.05, 0.1) is 0 Å². The molecule has 0 saturated carbocycles. The molecule has 0 aliphatic heterocycles. The zero-order valence-electron chi connectivity index (χ0n) is 10.4. The molecule has 1 aromatic heterocycles. The highest BCUT2D eigenvalue weighted by molar-refractivity contribution is 9.10. The highest BCUT2D eigenvalue weighted by Gasteiger charge is 2.17. The molecule has 0 bridgehead atoms. The second kappa shape index (κ2) is 7.47. The molecule has 1 atom stereocenters. The minimum Gasteiger partial charge on any atom is -0.262 e. The monoisotopic (exact) mass is 352 g/mol. The van der Waals surface area contributed by atoms with Crippen LogP contribution < -0.4 is 4.72 Å². The van der Waals surface area contributed by atoms with Gasteiger partial charge >= 0.3 is 0 Å². The molecule has 1 N–H and O–H groups in total. The molecular formula is C11H17BrN2O2S2. The minimum absolute atomic E-state index is 0.0759. The van der Waals surface area contributed by atoms with E-state index in [0.29, 0.717) is 4.47 Å². The van der Waals surface area contributed by atoms with Crippen molar-refractivity contribution < 1.29 is 8.42 Å². The van der Waals surface area contributed by atoms with Gasteiger partial charge < -0.3 is 0 Å². The maximum absolute atomic E-state index is 12.0. The highest BCUT2D eigenvalue weighted by Crippen LogP contribution is 2.15. The normalized spacial score (nSPS) is 13.5. The van der Waals surface area contributed by atoms with Crippen molar-refractivity contribution in [2.45, 2.75) is 31.2 Å². The summed E-state index contributed by atoms with van der Waals surface area (Å²) >= 11 is 5.02. The Hall–Kier alpha value is -0.110. The van der Waals surface area contributed by atoms with Crippen LogP contribution in [0.4, 0.5) is 0 Å². The van der Waals surface area contributed by atoms with E-state index in [9.17, 15) is 8.42 Å². The zero-order chi connectivity index (χ0) is 13.6. The molecule has 4 nitrogen and oxygen atoms in total. The minimum atomic E-state index is -3.47. The Balaban J connectivity index is 2.64. The van der Waals surface area contributed by atoms with E-state index < -0.39 is 10.0 Å². The van der Waals surface area contributed by atoms with Gasteiger partial charge in [0.15, 0.2) is 0 Å². The Morgan fingerprint density at radius 3 is 2.83 bits per heavy atom. The summed E-state index contributed by atoms with van der Waals surface area (Å²) in [5.74, 6) is 2.01. The van der Waals surface area contributed by atoms with Gasteiger partial charge in [-0.3, -0.25) is 4.98 Å². The summed E-state index contributed by atoms with van der Waals surface area (Å²) in [5, 5.41) is 0. The Bertz CT molecular complexity index is 480. The third-order valence-corrected chi connectivity index (χ3v) is 5.17. The number of hydrogen-bond acceptors (Lipinski definition) is 4. The van der Waals surface area contributed by atoms with Crippen LogP contribution in [0.15, 0.2) is 27.8 Å². The van der Waals surface area contributed by atoms with Crippen LogP contribution >= 0.6 is 27.7 Å². The number of sulfonamides is 1. The molecule has 0 amide bonds. The van der Waals surface area contributed by atoms with Gasteiger partial charge in [-0.15, -0.1) is 0 Å². The van der Waals surface area contributed by atoms with Crippen molar-refractivity contribution in [1.29, 1.82) is 0 Å². The number of rotatable bonds is 7. The first-order valence-electron chi connectivity index (χ1n) is 5.66. The number of nitrogens with one attached hydrogen (secondary N) is 1. The molecule has 0 saturated heterocycles. The molecule has 0 aliphatic rings. The van der Waals surface area contributed by atoms with Crippen molar-refractivity contribution in [3.05, 3.63) is 22.9 Å². The lowest BCUT2D eigenvalue weighted by atomic mass is 10.3. The maximum Gasteiger partial charge on any atom is 0.242 e. The Labute approximate surface area is 121 Å². The highest BCUT2D eigenvalue weighted by atomic mass is 79.9. The molecular weight excluding hydrogens is 336 g/mol. The van der Waals surface area contributed by atoms with Crippen molar-refractivity contribution in [3.8, 4) is 0 Å². The van der Waals surface area contributed by atoms with Crippen molar-refractivity contribution in [2.24, 2.45) is 0 Å². The Morgan fingerprint density at radius 2 is 2.22 bits per heavy atom. The molecule has 0 fully saturated rings. The van der Waals surface area contributed by atoms with Crippen molar-refractivity contribution in [1.82, 2.24) is 9.71 Å². The van der Waals surface area contributed by atoms with Gasteiger partial charge in [-0.25, -0.2) is 13.1 Å². The molecule has 1 rings (SSSR count). The quantitative estimate of drug-likeness (QED) is 0.766. The predicted molar refractivity (Wildman–Crippen MR) is 79.3 cm³/mol. The van der Waals surface area contributed by atoms with Crippen molar-refractivity contribution in [2.75, 3.05) is 11.5 Å². The van der Waals surface area contributed by atoms with Crippen LogP contribution in [-0.2, 0) is 10.0 Å². The molecule has 0 aliphatic carbocycles. The van der Waals surface area contributed by atoms with E-state index in [1.165, 1.54) is 6.20 Å². The van der Waals surface area contributed by atoms with Crippen molar-refractivity contribution in [3.63, 3.8) is 0 Å². The van der Waals surface area contributed by atoms with Crippen LogP contribution in [0.5, 0.6) is 0 Å². The van der Waals surface area contributed by atoms with Gasteiger partial charge in [0.1, 0.15) is 4.90 Å². The van der Waals surface area contributed by atoms with Crippen LogP contribution in [0.3, 0.4) is 0 Å². The van der Waals surface area contributed by atoms with Gasteiger partial charge in [-0.2, -0.15) is 11.8 Å². The van der Waals surface area contributed by atoms with Gasteiger partial charge in [-0.05, 0) is 46.8 Å². The number of aromatic nitrogens is 1. The smallest absolute Gasteiger partial charge is 0.242 e. The van der Waals surface area contributed by atoms with Crippen LogP contribution in [0.25, 0.3) is 0 Å². The third-order valence-electron chi connectivity index (χ3n) is 2.25. The van der Waals surface area contributed by atoms with Gasteiger partial charge in [0.2, 0.25) is 10.0 Å². The standard InChI is InChI=1S/C11H17BrN2O2S2/c1-3-17-5-4-9(2)14-18(15,16)11-6-10(12)7-13-8-11/h6-9,14H,3-5H2,1-2H3. The lowest BCUT2D eigenvalue weighted by Gasteiger charge is -2.13. The first-order chi connectivity index (χ1) is 8.45. The average Bonchev–Trinajstić information content (AvgIpc) is 2.28. The van der Waals surface area contributed by atoms with E-state index in [1.807, 2.05) is 6.92 Å². The van der Waals surface area contributed by atoms with E-state index >= 15 is 0 Å². The largest absolute Gasteiger partial charge is 0.262 e. The summed E-state index contributed by atoms with van der Waals surface area (Å²) in [6.07, 6.45) is 3.72. The van der Waals surface area contributed by atoms with Crippen LogP contribution in [0, 0.1) is 0 Å². The molecule has 1 aromatic rings. The molecule has 7 heteroatoms. The number of halogens is 1. The van der Waals surface area contributed by atoms with Crippen LogP contribution in [0.2, 0.25) is 0 Å². The summed E-state index contributed by atoms with van der Waals surface area (Å²) in [7, 11) is -3.47. The molecule has 1 heterocycles. The summed E-state index contributed by atoms with van der Waals surface area (Å²) < 4.78 is 27.4. The fraction of sp³-hybridized carbons (Fsp3) is 0.545. The predicted octanol–water partition coefficient (Wildman–Crippen LogP) is 2.65. The lowest BCUT2D eigenvalue weighted by molar-refractivity contribution is 0.556. The summed E-state index contributed by atoms with van der Waals surface area (Å²) in [6.45, 7) is 3.96. The molecule has 102 valence electrons. The summed E-state index contributed by atoms with van der Waals surface area (Å²) in [5.41, 5.74) is 0. The van der Waals surface area contributed by atoms with Gasteiger partial charge in [0, 0.05) is 22.9 Å². The summed E-state index contributed by atoms with van der Waals surface area (Å²) in [4.78, 5) is 4.05. The second-order valence-electron chi connectivity index (χ2n) is 3.85. The van der Waals surface area contributed by atoms with Crippen LogP contribution in [0.1, 0.15) is 20.3 Å². The third kappa shape index (κ3) is 5.26. The van der Waals surface area contributed by atoms with Crippen LogP contribution in [-0.4, -0.2) is 30.9 Å². The molecule has 0 spiro atoms. The first-order valence-corrected chi connectivity index (χ1v) is 9.09. The maximum atomic E-state index is 12.0. The molecule has 1 unspecified atom stereocenters. The van der Waals surface area contributed by atoms with E-state index in [-0.39, 0.29) is 10.9 Å². The fourth-order valence-electron chi connectivity index (χ4n) is 1.34. The van der Waals surface area contributed by atoms with E-state index in [4.69, 9.17) is 0 Å². The fourth-order valence-corrected chi connectivity index (χ4v) is 3.93. The molecule has 18 heavy (non-hydrogen) atoms. The van der Waals surface area contributed by atoms with Gasteiger partial charge in [-0.1, -0.05) is 6.92 Å². The van der Waals surface area contributed by atoms with Crippen molar-refractivity contribution >= 4 is 37.7 Å². The van der Waals surface area contributed by atoms with Gasteiger partial charge in [0.25, 0.3) is 0 Å². The Kier molecular flexibility index (Phi) is 6.62. The second-order valence-corrected chi connectivity index (χ2v) is 7.87. The average molecular weight is 353 g/mol. The lowest BCUT2D eigenvalue weighted by Crippen LogP contribution is -2.33. The topological polar surface area (TPSA) is 59.1 Å². The number of thioether (sulfide) groups is 1. The number of hydrogen-bond donors (Lipinski definition) is 1. The van der Waals surface area contributed by atoms with E-state index in [2.05, 4.69) is 32.6 Å². The zero-order valence-corrected chi connectivity index (χ0v) is 13.6. The summed E-state index contributed by atoms with van der Waals surface area (Å²) in [6, 6.07) is 1.47. The van der Waals surface area contributed by atoms with E-state index in [1.54, 1.807) is 24.0 Å². The molecule has 0 aromatic carbocycles. The first kappa shape index (κ1) is 15.9. The Morgan fingerprint density at radius 1 is 1.50 bits per heavy atom. The number of nitrogens with zero attached hydrogens (tertiary/aromatic N) is 1. The molecule has 0 radical (unpaired) electrons. The number of pyridine rings is 1. The SMILES string of the molecule is CCSCCC(C)NS(=O)(=O)c1cncc(Br)c1. The van der Waals surface area contributed by atoms with E-state index in [0.717, 1.165) is 17.9 Å².